The highest BCUT2D eigenvalue weighted by Gasteiger charge is 2.18. The topological polar surface area (TPSA) is 72.9 Å². The van der Waals surface area contributed by atoms with Crippen molar-refractivity contribution in [2.75, 3.05) is 33.2 Å². The minimum atomic E-state index is -0.576. The highest BCUT2D eigenvalue weighted by Crippen LogP contribution is 2.16. The lowest BCUT2D eigenvalue weighted by atomic mass is 10.1. The van der Waals surface area contributed by atoms with E-state index in [1.807, 2.05) is 35.2 Å². The molecule has 1 heterocycles. The van der Waals surface area contributed by atoms with Gasteiger partial charge in [-0.25, -0.2) is 4.79 Å². The van der Waals surface area contributed by atoms with Crippen LogP contribution in [0.1, 0.15) is 37.4 Å². The molecule has 0 bridgehead atoms. The minimum Gasteiger partial charge on any atom is -0.388 e. The van der Waals surface area contributed by atoms with Crippen LogP contribution < -0.4 is 5.32 Å². The number of piperidine rings is 1. The number of benzene rings is 1. The van der Waals surface area contributed by atoms with Gasteiger partial charge in [0.05, 0.1) is 6.10 Å². The first-order chi connectivity index (χ1) is 11.6. The lowest BCUT2D eigenvalue weighted by Crippen LogP contribution is -2.44. The van der Waals surface area contributed by atoms with Crippen molar-refractivity contribution in [2.45, 2.75) is 31.8 Å². The quantitative estimate of drug-likeness (QED) is 0.799. The Hall–Kier alpha value is -2.08. The van der Waals surface area contributed by atoms with E-state index in [9.17, 15) is 14.7 Å². The average molecular weight is 333 g/mol. The van der Waals surface area contributed by atoms with E-state index in [4.69, 9.17) is 0 Å². The summed E-state index contributed by atoms with van der Waals surface area (Å²) >= 11 is 0. The SMILES string of the molecule is CN(CCC(O)c1ccccc1)C(=O)NCCN1CCCCC1=O. The number of hydrogen-bond donors (Lipinski definition) is 2. The first-order valence-corrected chi connectivity index (χ1v) is 8.57. The summed E-state index contributed by atoms with van der Waals surface area (Å²) in [6.45, 7) is 2.26. The number of urea groups is 1. The molecule has 1 fully saturated rings. The summed E-state index contributed by atoms with van der Waals surface area (Å²) in [6.07, 6.45) is 2.53. The van der Waals surface area contributed by atoms with Gasteiger partial charge < -0.3 is 20.2 Å². The van der Waals surface area contributed by atoms with Crippen molar-refractivity contribution in [3.05, 3.63) is 35.9 Å². The van der Waals surface area contributed by atoms with Gasteiger partial charge in [0.25, 0.3) is 0 Å². The number of nitrogens with one attached hydrogen (secondary N) is 1. The summed E-state index contributed by atoms with van der Waals surface area (Å²) in [4.78, 5) is 27.1. The van der Waals surface area contributed by atoms with E-state index in [1.165, 1.54) is 0 Å². The monoisotopic (exact) mass is 333 g/mol. The number of hydrogen-bond acceptors (Lipinski definition) is 3. The molecule has 1 unspecified atom stereocenters. The van der Waals surface area contributed by atoms with Crippen molar-refractivity contribution in [3.8, 4) is 0 Å². The molecule has 1 aromatic carbocycles. The van der Waals surface area contributed by atoms with Crippen LogP contribution in [-0.2, 0) is 4.79 Å². The zero-order valence-corrected chi connectivity index (χ0v) is 14.3. The maximum absolute atomic E-state index is 12.0. The van der Waals surface area contributed by atoms with E-state index in [1.54, 1.807) is 11.9 Å². The number of aliphatic hydroxyl groups excluding tert-OH is 1. The van der Waals surface area contributed by atoms with Crippen molar-refractivity contribution in [2.24, 2.45) is 0 Å². The third kappa shape index (κ3) is 5.53. The summed E-state index contributed by atoms with van der Waals surface area (Å²) in [7, 11) is 1.71. The van der Waals surface area contributed by atoms with Gasteiger partial charge in [0, 0.05) is 39.6 Å². The van der Waals surface area contributed by atoms with Gasteiger partial charge in [-0.2, -0.15) is 0 Å². The van der Waals surface area contributed by atoms with Crippen LogP contribution >= 0.6 is 0 Å². The Morgan fingerprint density at radius 3 is 2.79 bits per heavy atom. The van der Waals surface area contributed by atoms with E-state index in [2.05, 4.69) is 5.32 Å². The van der Waals surface area contributed by atoms with Crippen molar-refractivity contribution in [3.63, 3.8) is 0 Å². The third-order valence-electron chi connectivity index (χ3n) is 4.35. The second-order valence-electron chi connectivity index (χ2n) is 6.21. The number of carbonyl (C=O) groups is 2. The van der Waals surface area contributed by atoms with E-state index >= 15 is 0 Å². The largest absolute Gasteiger partial charge is 0.388 e. The molecule has 2 rings (SSSR count). The molecule has 1 aliphatic rings. The molecule has 3 amide bonds. The molecular weight excluding hydrogens is 306 g/mol. The van der Waals surface area contributed by atoms with Crippen molar-refractivity contribution >= 4 is 11.9 Å². The van der Waals surface area contributed by atoms with Gasteiger partial charge in [0.2, 0.25) is 5.91 Å². The van der Waals surface area contributed by atoms with Crippen LogP contribution in [0.25, 0.3) is 0 Å². The number of rotatable bonds is 7. The highest BCUT2D eigenvalue weighted by atomic mass is 16.3. The molecule has 1 atom stereocenters. The molecule has 0 aromatic heterocycles. The lowest BCUT2D eigenvalue weighted by molar-refractivity contribution is -0.133. The molecule has 2 N–H and O–H groups in total. The molecule has 1 aromatic rings. The van der Waals surface area contributed by atoms with Gasteiger partial charge in [-0.15, -0.1) is 0 Å². The van der Waals surface area contributed by atoms with E-state index in [-0.39, 0.29) is 11.9 Å². The van der Waals surface area contributed by atoms with Crippen molar-refractivity contribution in [1.82, 2.24) is 15.1 Å². The molecule has 0 radical (unpaired) electrons. The van der Waals surface area contributed by atoms with Crippen LogP contribution in [0.15, 0.2) is 30.3 Å². The smallest absolute Gasteiger partial charge is 0.317 e. The summed E-state index contributed by atoms with van der Waals surface area (Å²) in [6, 6.07) is 9.25. The second-order valence-corrected chi connectivity index (χ2v) is 6.21. The fraction of sp³-hybridized carbons (Fsp3) is 0.556. The Morgan fingerprint density at radius 1 is 1.33 bits per heavy atom. The second kappa shape index (κ2) is 9.27. The van der Waals surface area contributed by atoms with Crippen LogP contribution in [0.5, 0.6) is 0 Å². The maximum atomic E-state index is 12.0. The standard InChI is InChI=1S/C18H27N3O3/c1-20(13-10-16(22)15-7-3-2-4-8-15)18(24)19-11-14-21-12-6-5-9-17(21)23/h2-4,7-8,16,22H,5-6,9-14H2,1H3,(H,19,24). The van der Waals surface area contributed by atoms with Gasteiger partial charge in [-0.05, 0) is 24.8 Å². The molecule has 0 saturated carbocycles. The predicted octanol–water partition coefficient (Wildman–Crippen LogP) is 1.76. The molecule has 132 valence electrons. The van der Waals surface area contributed by atoms with Gasteiger partial charge in [0.15, 0.2) is 0 Å². The Morgan fingerprint density at radius 2 is 2.08 bits per heavy atom. The van der Waals surface area contributed by atoms with E-state index < -0.39 is 6.10 Å². The molecule has 1 aliphatic heterocycles. The van der Waals surface area contributed by atoms with E-state index in [0.717, 1.165) is 24.9 Å². The third-order valence-corrected chi connectivity index (χ3v) is 4.35. The predicted molar refractivity (Wildman–Crippen MR) is 92.5 cm³/mol. The van der Waals surface area contributed by atoms with Crippen LogP contribution in [-0.4, -0.2) is 60.1 Å². The molecule has 0 aliphatic carbocycles. The summed E-state index contributed by atoms with van der Waals surface area (Å²) < 4.78 is 0. The minimum absolute atomic E-state index is 0.176. The first kappa shape index (κ1) is 18.3. The van der Waals surface area contributed by atoms with E-state index in [0.29, 0.717) is 32.5 Å². The van der Waals surface area contributed by atoms with Crippen LogP contribution in [0, 0.1) is 0 Å². The fourth-order valence-electron chi connectivity index (χ4n) is 2.79. The van der Waals surface area contributed by atoms with Gasteiger partial charge >= 0.3 is 6.03 Å². The number of nitrogens with zero attached hydrogens (tertiary/aromatic N) is 2. The zero-order chi connectivity index (χ0) is 17.4. The van der Waals surface area contributed by atoms with Gasteiger partial charge in [-0.1, -0.05) is 30.3 Å². The normalized spacial score (nSPS) is 15.9. The number of likely N-dealkylation sites (tertiary alicyclic amines) is 1. The van der Waals surface area contributed by atoms with Crippen LogP contribution in [0.3, 0.4) is 0 Å². The number of amides is 3. The Balaban J connectivity index is 1.65. The van der Waals surface area contributed by atoms with Gasteiger partial charge in [-0.3, -0.25) is 4.79 Å². The highest BCUT2D eigenvalue weighted by molar-refractivity contribution is 5.77. The molecular formula is C18H27N3O3. The molecule has 1 saturated heterocycles. The molecule has 6 heteroatoms. The van der Waals surface area contributed by atoms with Gasteiger partial charge in [0.1, 0.15) is 0 Å². The Kier molecular flexibility index (Phi) is 7.06. The lowest BCUT2D eigenvalue weighted by Gasteiger charge is -2.27. The molecule has 6 nitrogen and oxygen atoms in total. The summed E-state index contributed by atoms with van der Waals surface area (Å²) in [5.41, 5.74) is 0.856. The zero-order valence-electron chi connectivity index (χ0n) is 14.3. The Bertz CT molecular complexity index is 536. The van der Waals surface area contributed by atoms with Crippen LogP contribution in [0.4, 0.5) is 4.79 Å². The fourth-order valence-corrected chi connectivity index (χ4v) is 2.79. The first-order valence-electron chi connectivity index (χ1n) is 8.57. The number of carbonyl (C=O) groups excluding carboxylic acids is 2. The summed E-state index contributed by atoms with van der Waals surface area (Å²) in [5, 5.41) is 12.9. The number of aliphatic hydroxyl groups is 1. The van der Waals surface area contributed by atoms with Crippen molar-refractivity contribution < 1.29 is 14.7 Å². The molecule has 0 spiro atoms. The summed E-state index contributed by atoms with van der Waals surface area (Å²) in [5.74, 6) is 0.176. The van der Waals surface area contributed by atoms with Crippen LogP contribution in [0.2, 0.25) is 0 Å². The average Bonchev–Trinajstić information content (AvgIpc) is 2.61. The maximum Gasteiger partial charge on any atom is 0.317 e. The molecule has 24 heavy (non-hydrogen) atoms. The van der Waals surface area contributed by atoms with Crippen molar-refractivity contribution in [1.29, 1.82) is 0 Å². The Labute approximate surface area is 143 Å².